The van der Waals surface area contributed by atoms with E-state index in [1.165, 1.54) is 12.1 Å². The Morgan fingerprint density at radius 1 is 1.00 bits per heavy atom. The molecule has 0 aliphatic carbocycles. The summed E-state index contributed by atoms with van der Waals surface area (Å²) in [6.07, 6.45) is 0. The van der Waals surface area contributed by atoms with Crippen molar-refractivity contribution in [2.45, 2.75) is 0 Å². The van der Waals surface area contributed by atoms with Crippen molar-refractivity contribution in [1.29, 1.82) is 0 Å². The van der Waals surface area contributed by atoms with E-state index in [9.17, 15) is 4.39 Å². The molecule has 0 aromatic heterocycles. The highest BCUT2D eigenvalue weighted by Gasteiger charge is 2.03. The van der Waals surface area contributed by atoms with Crippen molar-refractivity contribution in [3.8, 4) is 11.5 Å². The van der Waals surface area contributed by atoms with Gasteiger partial charge in [-0.3, -0.25) is 0 Å². The summed E-state index contributed by atoms with van der Waals surface area (Å²) in [5.41, 5.74) is 5.82. The van der Waals surface area contributed by atoms with Crippen LogP contribution in [0.1, 0.15) is 0 Å². The van der Waals surface area contributed by atoms with Crippen LogP contribution in [-0.2, 0) is 0 Å². The third-order valence-corrected chi connectivity index (χ3v) is 2.91. The molecule has 2 N–H and O–H groups in total. The first-order valence-electron chi connectivity index (χ1n) is 5.71. The van der Waals surface area contributed by atoms with Crippen LogP contribution in [0.3, 0.4) is 0 Å². The largest absolute Gasteiger partial charge is 0.490 e. The molecular formula is C14H13BrFNO2. The number of benzene rings is 2. The van der Waals surface area contributed by atoms with Crippen LogP contribution in [0, 0.1) is 5.82 Å². The lowest BCUT2D eigenvalue weighted by atomic mass is 10.3. The zero-order valence-corrected chi connectivity index (χ0v) is 11.7. The number of rotatable bonds is 5. The van der Waals surface area contributed by atoms with Gasteiger partial charge in [0.15, 0.2) is 11.6 Å². The maximum Gasteiger partial charge on any atom is 0.167 e. The number of ether oxygens (including phenoxy) is 2. The van der Waals surface area contributed by atoms with Crippen molar-refractivity contribution in [2.75, 3.05) is 18.9 Å². The maximum atomic E-state index is 13.4. The number of halogens is 2. The molecule has 0 aliphatic heterocycles. The molecule has 0 spiro atoms. The lowest BCUT2D eigenvalue weighted by Gasteiger charge is -2.09. The zero-order chi connectivity index (χ0) is 13.7. The summed E-state index contributed by atoms with van der Waals surface area (Å²) >= 11 is 3.34. The van der Waals surface area contributed by atoms with E-state index < -0.39 is 5.82 Å². The average Bonchev–Trinajstić information content (AvgIpc) is 2.39. The van der Waals surface area contributed by atoms with Gasteiger partial charge >= 0.3 is 0 Å². The van der Waals surface area contributed by atoms with E-state index in [-0.39, 0.29) is 12.4 Å². The van der Waals surface area contributed by atoms with Crippen LogP contribution in [0.25, 0.3) is 0 Å². The molecule has 2 aromatic rings. The molecule has 100 valence electrons. The number of nitrogens with two attached hydrogens (primary N) is 1. The number of anilines is 1. The van der Waals surface area contributed by atoms with Crippen molar-refractivity contribution in [3.63, 3.8) is 0 Å². The second-order valence-electron chi connectivity index (χ2n) is 3.84. The van der Waals surface area contributed by atoms with Crippen LogP contribution in [0.4, 0.5) is 10.1 Å². The highest BCUT2D eigenvalue weighted by molar-refractivity contribution is 9.10. The van der Waals surface area contributed by atoms with E-state index in [4.69, 9.17) is 15.2 Å². The SMILES string of the molecule is Nc1ccc(OCCOc2ccc(Br)cc2)c(F)c1. The second kappa shape index (κ2) is 6.43. The van der Waals surface area contributed by atoms with E-state index >= 15 is 0 Å². The van der Waals surface area contributed by atoms with Gasteiger partial charge in [-0.15, -0.1) is 0 Å². The van der Waals surface area contributed by atoms with E-state index in [1.54, 1.807) is 6.07 Å². The summed E-state index contributed by atoms with van der Waals surface area (Å²) in [4.78, 5) is 0. The summed E-state index contributed by atoms with van der Waals surface area (Å²) in [6.45, 7) is 0.600. The molecule has 2 aromatic carbocycles. The summed E-state index contributed by atoms with van der Waals surface area (Å²) in [5.74, 6) is 0.446. The number of hydrogen-bond donors (Lipinski definition) is 1. The highest BCUT2D eigenvalue weighted by atomic mass is 79.9. The van der Waals surface area contributed by atoms with Crippen LogP contribution in [0.2, 0.25) is 0 Å². The van der Waals surface area contributed by atoms with Crippen molar-refractivity contribution in [2.24, 2.45) is 0 Å². The van der Waals surface area contributed by atoms with E-state index in [0.717, 1.165) is 10.2 Å². The van der Waals surface area contributed by atoms with Gasteiger partial charge in [-0.1, -0.05) is 15.9 Å². The molecule has 0 fully saturated rings. The number of nitrogen functional groups attached to an aromatic ring is 1. The van der Waals surface area contributed by atoms with Gasteiger partial charge in [0, 0.05) is 16.2 Å². The van der Waals surface area contributed by atoms with Gasteiger partial charge < -0.3 is 15.2 Å². The standard InChI is InChI=1S/C14H13BrFNO2/c15-10-1-4-12(5-2-10)18-7-8-19-14-6-3-11(17)9-13(14)16/h1-6,9H,7-8,17H2. The van der Waals surface area contributed by atoms with E-state index in [1.807, 2.05) is 24.3 Å². The van der Waals surface area contributed by atoms with Gasteiger partial charge in [-0.25, -0.2) is 4.39 Å². The van der Waals surface area contributed by atoms with E-state index in [2.05, 4.69) is 15.9 Å². The van der Waals surface area contributed by atoms with Crippen molar-refractivity contribution >= 4 is 21.6 Å². The smallest absolute Gasteiger partial charge is 0.167 e. The monoisotopic (exact) mass is 325 g/mol. The predicted molar refractivity (Wildman–Crippen MR) is 75.9 cm³/mol. The molecule has 0 heterocycles. The van der Waals surface area contributed by atoms with Gasteiger partial charge in [0.25, 0.3) is 0 Å². The fourth-order valence-electron chi connectivity index (χ4n) is 1.48. The molecule has 5 heteroatoms. The summed E-state index contributed by atoms with van der Waals surface area (Å²) in [5, 5.41) is 0. The molecule has 0 atom stereocenters. The molecule has 0 amide bonds. The minimum absolute atomic E-state index is 0.175. The van der Waals surface area contributed by atoms with E-state index in [0.29, 0.717) is 12.3 Å². The van der Waals surface area contributed by atoms with Gasteiger partial charge in [0.1, 0.15) is 19.0 Å². The van der Waals surface area contributed by atoms with Gasteiger partial charge in [0.2, 0.25) is 0 Å². The lowest BCUT2D eigenvalue weighted by molar-refractivity contribution is 0.211. The number of hydrogen-bond acceptors (Lipinski definition) is 3. The van der Waals surface area contributed by atoms with Gasteiger partial charge in [-0.05, 0) is 36.4 Å². The Bertz CT molecular complexity index is 546. The third-order valence-electron chi connectivity index (χ3n) is 2.38. The van der Waals surface area contributed by atoms with Crippen LogP contribution >= 0.6 is 15.9 Å². The molecule has 0 radical (unpaired) electrons. The Balaban J connectivity index is 1.79. The molecule has 3 nitrogen and oxygen atoms in total. The Labute approximate surface area is 119 Å². The van der Waals surface area contributed by atoms with Crippen molar-refractivity contribution in [1.82, 2.24) is 0 Å². The van der Waals surface area contributed by atoms with Crippen LogP contribution < -0.4 is 15.2 Å². The summed E-state index contributed by atoms with van der Waals surface area (Å²) in [6, 6.07) is 11.8. The summed E-state index contributed by atoms with van der Waals surface area (Å²) in [7, 11) is 0. The Hall–Kier alpha value is -1.75. The van der Waals surface area contributed by atoms with Gasteiger partial charge in [0.05, 0.1) is 0 Å². The van der Waals surface area contributed by atoms with Gasteiger partial charge in [-0.2, -0.15) is 0 Å². The molecular weight excluding hydrogens is 313 g/mol. The first kappa shape index (κ1) is 13.7. The topological polar surface area (TPSA) is 44.5 Å². The maximum absolute atomic E-state index is 13.4. The Kier molecular flexibility index (Phi) is 4.63. The Morgan fingerprint density at radius 3 is 2.37 bits per heavy atom. The Morgan fingerprint density at radius 2 is 1.68 bits per heavy atom. The predicted octanol–water partition coefficient (Wildman–Crippen LogP) is 3.63. The van der Waals surface area contributed by atoms with Crippen LogP contribution in [0.5, 0.6) is 11.5 Å². The normalized spacial score (nSPS) is 10.2. The molecule has 2 rings (SSSR count). The molecule has 0 saturated carbocycles. The molecule has 0 bridgehead atoms. The minimum atomic E-state index is -0.469. The first-order chi connectivity index (χ1) is 9.15. The summed E-state index contributed by atoms with van der Waals surface area (Å²) < 4.78 is 25.1. The highest BCUT2D eigenvalue weighted by Crippen LogP contribution is 2.19. The lowest BCUT2D eigenvalue weighted by Crippen LogP contribution is -2.09. The van der Waals surface area contributed by atoms with Crippen LogP contribution in [-0.4, -0.2) is 13.2 Å². The van der Waals surface area contributed by atoms with Crippen molar-refractivity contribution in [3.05, 3.63) is 52.8 Å². The molecule has 0 unspecified atom stereocenters. The second-order valence-corrected chi connectivity index (χ2v) is 4.76. The molecule has 0 aliphatic rings. The fraction of sp³-hybridized carbons (Fsp3) is 0.143. The van der Waals surface area contributed by atoms with Crippen LogP contribution in [0.15, 0.2) is 46.9 Å². The molecule has 0 saturated heterocycles. The minimum Gasteiger partial charge on any atom is -0.490 e. The molecule has 19 heavy (non-hydrogen) atoms. The third kappa shape index (κ3) is 4.13. The van der Waals surface area contributed by atoms with Crippen molar-refractivity contribution < 1.29 is 13.9 Å². The fourth-order valence-corrected chi connectivity index (χ4v) is 1.74. The zero-order valence-electron chi connectivity index (χ0n) is 10.1. The quantitative estimate of drug-likeness (QED) is 0.674. The first-order valence-corrected chi connectivity index (χ1v) is 6.50. The average molecular weight is 326 g/mol.